The molecule has 2 aliphatic rings. The summed E-state index contributed by atoms with van der Waals surface area (Å²) in [5.74, 6) is 1.23. The number of hydrazone groups is 1. The molecule has 1 N–H and O–H groups in total. The number of fused-ring (bicyclic) bond motifs is 1. The minimum absolute atomic E-state index is 0.154. The van der Waals surface area contributed by atoms with Gasteiger partial charge in [-0.25, -0.2) is 8.42 Å². The zero-order valence-electron chi connectivity index (χ0n) is 16.7. The summed E-state index contributed by atoms with van der Waals surface area (Å²) in [6.45, 7) is 1.94. The number of nitrogens with one attached hydrogen (secondary N) is 1. The topological polar surface area (TPSA) is 127 Å². The molecule has 31 heavy (non-hydrogen) atoms. The van der Waals surface area contributed by atoms with Gasteiger partial charge in [-0.15, -0.1) is 0 Å². The van der Waals surface area contributed by atoms with Crippen molar-refractivity contribution in [2.45, 2.75) is 4.90 Å². The third-order valence-electron chi connectivity index (χ3n) is 5.05. The summed E-state index contributed by atoms with van der Waals surface area (Å²) in [4.78, 5) is 12.4. The van der Waals surface area contributed by atoms with Gasteiger partial charge in [-0.3, -0.25) is 15.5 Å². The molecule has 4 rings (SSSR count). The number of sulfonamides is 1. The first-order chi connectivity index (χ1) is 14.8. The van der Waals surface area contributed by atoms with E-state index >= 15 is 0 Å². The zero-order chi connectivity index (χ0) is 22.0. The average Bonchev–Trinajstić information content (AvgIpc) is 3.22. The Labute approximate surface area is 179 Å². The van der Waals surface area contributed by atoms with Crippen molar-refractivity contribution in [2.75, 3.05) is 45.4 Å². The fraction of sp³-hybridized carbons (Fsp3) is 0.316. The van der Waals surface area contributed by atoms with E-state index < -0.39 is 14.9 Å². The molecule has 0 radical (unpaired) electrons. The molecule has 164 valence electrons. The summed E-state index contributed by atoms with van der Waals surface area (Å²) < 4.78 is 38.3. The molecule has 0 saturated carbocycles. The van der Waals surface area contributed by atoms with Crippen molar-refractivity contribution >= 4 is 27.6 Å². The molecule has 1 fully saturated rings. The minimum atomic E-state index is -3.95. The van der Waals surface area contributed by atoms with E-state index in [-0.39, 0.29) is 23.1 Å². The van der Waals surface area contributed by atoms with Gasteiger partial charge in [-0.1, -0.05) is 0 Å². The van der Waals surface area contributed by atoms with Gasteiger partial charge in [0.05, 0.1) is 16.8 Å². The molecule has 0 aromatic heterocycles. The number of ether oxygens (including phenoxy) is 2. The van der Waals surface area contributed by atoms with Gasteiger partial charge in [0.15, 0.2) is 11.5 Å². The van der Waals surface area contributed by atoms with Gasteiger partial charge in [0.1, 0.15) is 4.90 Å². The molecule has 0 atom stereocenters. The smallest absolute Gasteiger partial charge is 0.270 e. The molecular weight excluding hydrogens is 426 g/mol. The number of benzene rings is 2. The monoisotopic (exact) mass is 447 g/mol. The van der Waals surface area contributed by atoms with Crippen LogP contribution in [0.15, 0.2) is 46.4 Å². The number of likely N-dealkylation sites (N-methyl/N-ethyl adjacent to an activating group) is 1. The van der Waals surface area contributed by atoms with Gasteiger partial charge in [-0.2, -0.15) is 9.41 Å². The zero-order valence-corrected chi connectivity index (χ0v) is 17.5. The van der Waals surface area contributed by atoms with E-state index in [1.165, 1.54) is 22.7 Å². The highest BCUT2D eigenvalue weighted by Gasteiger charge is 2.31. The van der Waals surface area contributed by atoms with Crippen molar-refractivity contribution in [1.82, 2.24) is 9.21 Å². The van der Waals surface area contributed by atoms with Crippen LogP contribution in [-0.2, 0) is 10.0 Å². The van der Waals surface area contributed by atoms with Crippen molar-refractivity contribution in [3.8, 4) is 11.5 Å². The van der Waals surface area contributed by atoms with Crippen LogP contribution in [0.5, 0.6) is 11.5 Å². The van der Waals surface area contributed by atoms with Crippen LogP contribution in [0.3, 0.4) is 0 Å². The van der Waals surface area contributed by atoms with Crippen molar-refractivity contribution in [2.24, 2.45) is 5.10 Å². The number of rotatable bonds is 6. The number of anilines is 1. The Hall–Kier alpha value is -3.22. The number of hydrogen-bond acceptors (Lipinski definition) is 9. The Balaban J connectivity index is 1.60. The molecule has 2 heterocycles. The Morgan fingerprint density at radius 3 is 2.58 bits per heavy atom. The lowest BCUT2D eigenvalue weighted by atomic mass is 10.2. The second-order valence-electron chi connectivity index (χ2n) is 7.13. The lowest BCUT2D eigenvalue weighted by Crippen LogP contribution is -2.47. The first-order valence-corrected chi connectivity index (χ1v) is 10.9. The Kier molecular flexibility index (Phi) is 5.76. The van der Waals surface area contributed by atoms with Crippen LogP contribution in [-0.4, -0.2) is 68.8 Å². The molecule has 2 aromatic rings. The SMILES string of the molecule is CN1CCN(S(=O)(=O)c2cc([N+](=O)[O-])ccc2NN=Cc2ccc3c(c2)OCO3)CC1. The lowest BCUT2D eigenvalue weighted by molar-refractivity contribution is -0.385. The highest BCUT2D eigenvalue weighted by atomic mass is 32.2. The lowest BCUT2D eigenvalue weighted by Gasteiger charge is -2.31. The molecule has 0 aliphatic carbocycles. The Morgan fingerprint density at radius 1 is 1.10 bits per heavy atom. The molecule has 11 nitrogen and oxygen atoms in total. The number of nitro groups is 1. The van der Waals surface area contributed by atoms with Gasteiger partial charge in [0.2, 0.25) is 16.8 Å². The van der Waals surface area contributed by atoms with Crippen LogP contribution in [0.4, 0.5) is 11.4 Å². The summed E-state index contributed by atoms with van der Waals surface area (Å²) in [6.07, 6.45) is 1.50. The fourth-order valence-corrected chi connectivity index (χ4v) is 4.85. The van der Waals surface area contributed by atoms with E-state index in [1.54, 1.807) is 18.2 Å². The summed E-state index contributed by atoms with van der Waals surface area (Å²) in [6, 6.07) is 8.91. The molecule has 0 unspecified atom stereocenters. The predicted octanol–water partition coefficient (Wildman–Crippen LogP) is 1.71. The van der Waals surface area contributed by atoms with Crippen LogP contribution in [0.2, 0.25) is 0 Å². The summed E-state index contributed by atoms with van der Waals surface area (Å²) in [5.41, 5.74) is 3.27. The maximum atomic E-state index is 13.2. The minimum Gasteiger partial charge on any atom is -0.454 e. The molecule has 2 aliphatic heterocycles. The van der Waals surface area contributed by atoms with E-state index in [2.05, 4.69) is 10.5 Å². The number of hydrogen-bond donors (Lipinski definition) is 1. The molecule has 12 heteroatoms. The van der Waals surface area contributed by atoms with Crippen molar-refractivity contribution in [3.63, 3.8) is 0 Å². The normalized spacial score (nSPS) is 17.2. The van der Waals surface area contributed by atoms with Gasteiger partial charge in [0.25, 0.3) is 5.69 Å². The highest BCUT2D eigenvalue weighted by molar-refractivity contribution is 7.89. The predicted molar refractivity (Wildman–Crippen MR) is 113 cm³/mol. The summed E-state index contributed by atoms with van der Waals surface area (Å²) in [7, 11) is -2.03. The van der Waals surface area contributed by atoms with Crippen LogP contribution < -0.4 is 14.9 Å². The molecule has 0 bridgehead atoms. The van der Waals surface area contributed by atoms with Crippen LogP contribution >= 0.6 is 0 Å². The van der Waals surface area contributed by atoms with Gasteiger partial charge in [-0.05, 0) is 36.9 Å². The molecule has 1 saturated heterocycles. The Morgan fingerprint density at radius 2 is 1.84 bits per heavy atom. The third-order valence-corrected chi connectivity index (χ3v) is 6.99. The van der Waals surface area contributed by atoms with Crippen molar-refractivity contribution in [1.29, 1.82) is 0 Å². The largest absolute Gasteiger partial charge is 0.454 e. The van der Waals surface area contributed by atoms with Crippen LogP contribution in [0, 0.1) is 10.1 Å². The number of nitro benzene ring substituents is 1. The first-order valence-electron chi connectivity index (χ1n) is 9.50. The van der Waals surface area contributed by atoms with Gasteiger partial charge >= 0.3 is 0 Å². The summed E-state index contributed by atoms with van der Waals surface area (Å²) >= 11 is 0. The second kappa shape index (κ2) is 8.49. The van der Waals surface area contributed by atoms with E-state index in [9.17, 15) is 18.5 Å². The molecule has 0 amide bonds. The quantitative estimate of drug-likeness (QED) is 0.403. The highest BCUT2D eigenvalue weighted by Crippen LogP contribution is 2.32. The average molecular weight is 447 g/mol. The maximum absolute atomic E-state index is 13.2. The van der Waals surface area contributed by atoms with Gasteiger partial charge in [0, 0.05) is 38.3 Å². The Bertz CT molecular complexity index is 1130. The van der Waals surface area contributed by atoms with Gasteiger partial charge < -0.3 is 14.4 Å². The van der Waals surface area contributed by atoms with E-state index in [1.807, 2.05) is 11.9 Å². The van der Waals surface area contributed by atoms with E-state index in [0.717, 1.165) is 6.07 Å². The van der Waals surface area contributed by atoms with Crippen LogP contribution in [0.25, 0.3) is 0 Å². The first kappa shape index (κ1) is 21.0. The number of piperazine rings is 1. The number of nitrogens with zero attached hydrogens (tertiary/aromatic N) is 4. The maximum Gasteiger partial charge on any atom is 0.270 e. The van der Waals surface area contributed by atoms with Crippen LogP contribution in [0.1, 0.15) is 5.56 Å². The second-order valence-corrected chi connectivity index (χ2v) is 9.03. The molecular formula is C19H21N5O6S. The third kappa shape index (κ3) is 4.45. The van der Waals surface area contributed by atoms with Crippen molar-refractivity contribution < 1.29 is 22.8 Å². The standard InChI is InChI=1S/C19H21N5O6S/c1-22-6-8-23(9-7-22)31(27,28)19-11-15(24(25)26)3-4-16(19)21-20-12-14-2-5-17-18(10-14)30-13-29-17/h2-5,10-12,21H,6-9,13H2,1H3. The number of non-ortho nitro benzene ring substituents is 1. The molecule has 0 spiro atoms. The summed E-state index contributed by atoms with van der Waals surface area (Å²) in [5, 5.41) is 15.3. The van der Waals surface area contributed by atoms with E-state index in [0.29, 0.717) is 43.2 Å². The fourth-order valence-electron chi connectivity index (χ4n) is 3.27. The van der Waals surface area contributed by atoms with E-state index in [4.69, 9.17) is 9.47 Å². The molecule has 2 aromatic carbocycles. The van der Waals surface area contributed by atoms with Crippen molar-refractivity contribution in [3.05, 3.63) is 52.1 Å².